The Kier molecular flexibility index (Phi) is 6.59. The fraction of sp³-hybridized carbons (Fsp3) is 0.259. The Hall–Kier alpha value is -2.86. The van der Waals surface area contributed by atoms with E-state index in [0.717, 1.165) is 28.7 Å². The number of nitrogens with one attached hydrogen (secondary N) is 1. The summed E-state index contributed by atoms with van der Waals surface area (Å²) < 4.78 is 7.69. The molecule has 1 aromatic heterocycles. The quantitative estimate of drug-likeness (QED) is 0.371. The van der Waals surface area contributed by atoms with Gasteiger partial charge in [0.25, 0.3) is 0 Å². The number of ether oxygens (including phenoxy) is 1. The largest absolute Gasteiger partial charge is 0.381 e. The number of imidazole rings is 1. The van der Waals surface area contributed by atoms with Crippen LogP contribution in [0.15, 0.2) is 73.1 Å². The molecule has 1 amide bonds. The zero-order valence-corrected chi connectivity index (χ0v) is 20.1. The first-order valence-corrected chi connectivity index (χ1v) is 12.1. The predicted octanol–water partition coefficient (Wildman–Crippen LogP) is 5.76. The van der Waals surface area contributed by atoms with Crippen molar-refractivity contribution in [2.45, 2.75) is 31.3 Å². The second-order valence-corrected chi connectivity index (χ2v) is 9.52. The first-order chi connectivity index (χ1) is 16.5. The number of hydrogen-bond acceptors (Lipinski definition) is 3. The Morgan fingerprint density at radius 3 is 2.50 bits per heavy atom. The van der Waals surface area contributed by atoms with E-state index in [4.69, 9.17) is 27.9 Å². The van der Waals surface area contributed by atoms with E-state index >= 15 is 0 Å². The summed E-state index contributed by atoms with van der Waals surface area (Å²) in [6.45, 7) is 2.22. The first-order valence-electron chi connectivity index (χ1n) is 11.3. The van der Waals surface area contributed by atoms with Gasteiger partial charge in [-0.2, -0.15) is 0 Å². The van der Waals surface area contributed by atoms with Crippen LogP contribution < -0.4 is 5.32 Å². The van der Waals surface area contributed by atoms with Crippen LogP contribution in [0.1, 0.15) is 29.5 Å². The SMILES string of the molecule is O=C(NCc1ccc(Cn2cnc3ccccc32)cc1)C1(c2ccc(Cl)cc2Cl)CCOCC1. The fourth-order valence-electron chi connectivity index (χ4n) is 4.66. The Morgan fingerprint density at radius 1 is 1.00 bits per heavy atom. The van der Waals surface area contributed by atoms with Gasteiger partial charge >= 0.3 is 0 Å². The molecule has 5 rings (SSSR count). The normalized spacial score (nSPS) is 15.4. The van der Waals surface area contributed by atoms with Crippen LogP contribution in [0.3, 0.4) is 0 Å². The van der Waals surface area contributed by atoms with Crippen LogP contribution in [-0.4, -0.2) is 28.7 Å². The van der Waals surface area contributed by atoms with Gasteiger partial charge in [0.2, 0.25) is 5.91 Å². The van der Waals surface area contributed by atoms with Crippen LogP contribution in [0.4, 0.5) is 0 Å². The van der Waals surface area contributed by atoms with Crippen molar-refractivity contribution in [1.82, 2.24) is 14.9 Å². The molecule has 0 spiro atoms. The van der Waals surface area contributed by atoms with Gasteiger partial charge in [0, 0.05) is 36.3 Å². The van der Waals surface area contributed by atoms with E-state index in [1.54, 1.807) is 12.1 Å². The first kappa shape index (κ1) is 22.9. The minimum Gasteiger partial charge on any atom is -0.381 e. The van der Waals surface area contributed by atoms with Crippen LogP contribution in [0.2, 0.25) is 10.0 Å². The maximum absolute atomic E-state index is 13.5. The third-order valence-corrected chi connectivity index (χ3v) is 7.13. The average molecular weight is 494 g/mol. The van der Waals surface area contributed by atoms with E-state index in [1.165, 1.54) is 5.56 Å². The predicted molar refractivity (Wildman–Crippen MR) is 135 cm³/mol. The van der Waals surface area contributed by atoms with Crippen molar-refractivity contribution in [2.24, 2.45) is 0 Å². The number of halogens is 2. The fourth-order valence-corrected chi connectivity index (χ4v) is 5.25. The van der Waals surface area contributed by atoms with Gasteiger partial charge in [-0.3, -0.25) is 4.79 Å². The number of nitrogens with zero attached hydrogens (tertiary/aromatic N) is 2. The number of fused-ring (bicyclic) bond motifs is 1. The summed E-state index contributed by atoms with van der Waals surface area (Å²) in [6, 6.07) is 21.8. The smallest absolute Gasteiger partial charge is 0.231 e. The number of carbonyl (C=O) groups excluding carboxylic acids is 1. The summed E-state index contributed by atoms with van der Waals surface area (Å²) in [7, 11) is 0. The highest BCUT2D eigenvalue weighted by Crippen LogP contribution is 2.40. The van der Waals surface area contributed by atoms with Crippen molar-refractivity contribution >= 4 is 40.1 Å². The summed E-state index contributed by atoms with van der Waals surface area (Å²) in [5.74, 6) is -0.0333. The molecule has 1 N–H and O–H groups in total. The third-order valence-electron chi connectivity index (χ3n) is 6.58. The summed E-state index contributed by atoms with van der Waals surface area (Å²) in [4.78, 5) is 17.9. The molecule has 2 heterocycles. The van der Waals surface area contributed by atoms with Gasteiger partial charge in [-0.25, -0.2) is 4.98 Å². The Morgan fingerprint density at radius 2 is 1.74 bits per heavy atom. The van der Waals surface area contributed by atoms with E-state index in [0.29, 0.717) is 42.6 Å². The Balaban J connectivity index is 1.28. The van der Waals surface area contributed by atoms with Crippen molar-refractivity contribution in [1.29, 1.82) is 0 Å². The molecule has 0 bridgehead atoms. The number of aromatic nitrogens is 2. The molecule has 34 heavy (non-hydrogen) atoms. The summed E-state index contributed by atoms with van der Waals surface area (Å²) in [5.41, 5.74) is 4.40. The van der Waals surface area contributed by atoms with Crippen molar-refractivity contribution in [3.05, 3.63) is 99.8 Å². The Labute approximate surface area is 208 Å². The van der Waals surface area contributed by atoms with E-state index in [-0.39, 0.29) is 5.91 Å². The van der Waals surface area contributed by atoms with Gasteiger partial charge in [-0.15, -0.1) is 0 Å². The minimum atomic E-state index is -0.720. The maximum Gasteiger partial charge on any atom is 0.231 e. The molecule has 0 unspecified atom stereocenters. The zero-order valence-electron chi connectivity index (χ0n) is 18.6. The number of amides is 1. The van der Waals surface area contributed by atoms with Crippen LogP contribution in [0, 0.1) is 0 Å². The van der Waals surface area contributed by atoms with Crippen LogP contribution >= 0.6 is 23.2 Å². The lowest BCUT2D eigenvalue weighted by Gasteiger charge is -2.37. The van der Waals surface area contributed by atoms with Gasteiger partial charge in [0.15, 0.2) is 0 Å². The molecular weight excluding hydrogens is 469 g/mol. The molecule has 1 aliphatic rings. The second kappa shape index (κ2) is 9.79. The van der Waals surface area contributed by atoms with Crippen LogP contribution in [0.25, 0.3) is 11.0 Å². The lowest BCUT2D eigenvalue weighted by Crippen LogP contribution is -2.48. The van der Waals surface area contributed by atoms with Crippen molar-refractivity contribution in [2.75, 3.05) is 13.2 Å². The second-order valence-electron chi connectivity index (χ2n) is 8.68. The molecule has 0 atom stereocenters. The van der Waals surface area contributed by atoms with Gasteiger partial charge in [-0.05, 0) is 53.8 Å². The maximum atomic E-state index is 13.5. The number of rotatable bonds is 6. The third kappa shape index (κ3) is 4.56. The highest BCUT2D eigenvalue weighted by atomic mass is 35.5. The highest BCUT2D eigenvalue weighted by Gasteiger charge is 2.42. The average Bonchev–Trinajstić information content (AvgIpc) is 3.26. The highest BCUT2D eigenvalue weighted by molar-refractivity contribution is 6.35. The number of benzene rings is 3. The molecule has 5 nitrogen and oxygen atoms in total. The molecule has 1 saturated heterocycles. The Bertz CT molecular complexity index is 1310. The van der Waals surface area contributed by atoms with Crippen molar-refractivity contribution < 1.29 is 9.53 Å². The summed E-state index contributed by atoms with van der Waals surface area (Å²) in [6.07, 6.45) is 3.03. The van der Waals surface area contributed by atoms with Gasteiger partial charge < -0.3 is 14.6 Å². The number of hydrogen-bond donors (Lipinski definition) is 1. The molecule has 4 aromatic rings. The minimum absolute atomic E-state index is 0.0333. The van der Waals surface area contributed by atoms with Crippen molar-refractivity contribution in [3.8, 4) is 0 Å². The topological polar surface area (TPSA) is 56.2 Å². The van der Waals surface area contributed by atoms with E-state index in [1.807, 2.05) is 30.6 Å². The lowest BCUT2D eigenvalue weighted by atomic mass is 9.73. The summed E-state index contributed by atoms with van der Waals surface area (Å²) in [5, 5.41) is 4.21. The number of carbonyl (C=O) groups is 1. The molecule has 0 aliphatic carbocycles. The molecule has 1 fully saturated rings. The van der Waals surface area contributed by atoms with Crippen LogP contribution in [-0.2, 0) is 28.0 Å². The molecule has 0 radical (unpaired) electrons. The molecule has 174 valence electrons. The van der Waals surface area contributed by atoms with E-state index in [2.05, 4.69) is 45.2 Å². The number of para-hydroxylation sites is 2. The monoisotopic (exact) mass is 493 g/mol. The van der Waals surface area contributed by atoms with E-state index in [9.17, 15) is 4.79 Å². The van der Waals surface area contributed by atoms with Gasteiger partial charge in [0.1, 0.15) is 0 Å². The van der Waals surface area contributed by atoms with Gasteiger partial charge in [0.05, 0.1) is 22.8 Å². The van der Waals surface area contributed by atoms with Crippen LogP contribution in [0.5, 0.6) is 0 Å². The molecule has 7 heteroatoms. The van der Waals surface area contributed by atoms with E-state index < -0.39 is 5.41 Å². The molecule has 1 aliphatic heterocycles. The zero-order chi connectivity index (χ0) is 23.5. The molecule has 3 aromatic carbocycles. The standard InChI is InChI=1S/C27H25Cl2N3O2/c28-21-9-10-22(23(29)15-21)27(11-13-34-14-12-27)26(33)30-16-19-5-7-20(8-6-19)17-32-18-31-24-3-1-2-4-25(24)32/h1-10,15,18H,11-14,16-17H2,(H,30,33). The molecule has 0 saturated carbocycles. The van der Waals surface area contributed by atoms with Gasteiger partial charge in [-0.1, -0.05) is 65.7 Å². The lowest BCUT2D eigenvalue weighted by molar-refractivity contribution is -0.130. The summed E-state index contributed by atoms with van der Waals surface area (Å²) >= 11 is 12.6. The molecular formula is C27H25Cl2N3O2. The van der Waals surface area contributed by atoms with Crippen molar-refractivity contribution in [3.63, 3.8) is 0 Å².